The van der Waals surface area contributed by atoms with Crippen LogP contribution in [-0.2, 0) is 16.0 Å². The molecule has 0 fully saturated rings. The van der Waals surface area contributed by atoms with Gasteiger partial charge in [0.15, 0.2) is 5.13 Å². The molecular weight excluding hydrogens is 376 g/mol. The van der Waals surface area contributed by atoms with E-state index in [0.717, 1.165) is 21.0 Å². The molecule has 0 spiro atoms. The standard InChI is InChI=1S/C14H14BrClN2O2S/c1-2-20-13(19)6-4-10-8-21-14(17-10)18-12-5-3-9(16)7-11(12)15/h3,5,7-8H,2,4,6H2,1H3,(H,17,18). The first kappa shape index (κ1) is 16.3. The minimum absolute atomic E-state index is 0.194. The quantitative estimate of drug-likeness (QED) is 0.721. The Hall–Kier alpha value is -1.11. The topological polar surface area (TPSA) is 51.2 Å². The molecule has 0 aliphatic heterocycles. The molecular formula is C14H14BrClN2O2S. The van der Waals surface area contributed by atoms with E-state index in [0.29, 0.717) is 24.5 Å². The van der Waals surface area contributed by atoms with Gasteiger partial charge in [0.2, 0.25) is 0 Å². The van der Waals surface area contributed by atoms with Crippen molar-refractivity contribution in [2.24, 2.45) is 0 Å². The van der Waals surface area contributed by atoms with Gasteiger partial charge in [-0.15, -0.1) is 11.3 Å². The molecule has 21 heavy (non-hydrogen) atoms. The Balaban J connectivity index is 1.95. The van der Waals surface area contributed by atoms with Crippen molar-refractivity contribution in [1.29, 1.82) is 0 Å². The van der Waals surface area contributed by atoms with Crippen LogP contribution < -0.4 is 5.32 Å². The molecule has 0 bridgehead atoms. The molecule has 1 heterocycles. The zero-order valence-corrected chi connectivity index (χ0v) is 14.5. The average Bonchev–Trinajstić information content (AvgIpc) is 2.88. The van der Waals surface area contributed by atoms with Crippen molar-refractivity contribution in [3.63, 3.8) is 0 Å². The Bertz CT molecular complexity index is 633. The highest BCUT2D eigenvalue weighted by Gasteiger charge is 2.08. The van der Waals surface area contributed by atoms with Crippen LogP contribution in [0.25, 0.3) is 0 Å². The number of anilines is 2. The van der Waals surface area contributed by atoms with E-state index in [-0.39, 0.29) is 5.97 Å². The lowest BCUT2D eigenvalue weighted by Gasteiger charge is -2.05. The Labute approximate surface area is 140 Å². The molecule has 0 atom stereocenters. The normalized spacial score (nSPS) is 10.4. The number of esters is 1. The van der Waals surface area contributed by atoms with E-state index >= 15 is 0 Å². The summed E-state index contributed by atoms with van der Waals surface area (Å²) in [5.41, 5.74) is 1.77. The van der Waals surface area contributed by atoms with Crippen LogP contribution in [0.5, 0.6) is 0 Å². The fraction of sp³-hybridized carbons (Fsp3) is 0.286. The van der Waals surface area contributed by atoms with Crippen molar-refractivity contribution in [2.45, 2.75) is 19.8 Å². The van der Waals surface area contributed by atoms with Crippen LogP contribution in [0.3, 0.4) is 0 Å². The van der Waals surface area contributed by atoms with Gasteiger partial charge < -0.3 is 10.1 Å². The summed E-state index contributed by atoms with van der Waals surface area (Å²) in [4.78, 5) is 15.8. The monoisotopic (exact) mass is 388 g/mol. The van der Waals surface area contributed by atoms with Crippen LogP contribution in [0.15, 0.2) is 28.1 Å². The molecule has 1 aromatic carbocycles. The predicted octanol–water partition coefficient (Wildman–Crippen LogP) is 4.80. The number of ether oxygens (including phenoxy) is 1. The van der Waals surface area contributed by atoms with Crippen LogP contribution in [0.4, 0.5) is 10.8 Å². The highest BCUT2D eigenvalue weighted by atomic mass is 79.9. The van der Waals surface area contributed by atoms with Crippen molar-refractivity contribution in [3.05, 3.63) is 38.8 Å². The van der Waals surface area contributed by atoms with Gasteiger partial charge in [0.25, 0.3) is 0 Å². The number of hydrogen-bond donors (Lipinski definition) is 1. The molecule has 1 N–H and O–H groups in total. The molecule has 0 aliphatic rings. The van der Waals surface area contributed by atoms with Crippen LogP contribution in [-0.4, -0.2) is 17.6 Å². The number of thiazole rings is 1. The van der Waals surface area contributed by atoms with E-state index in [2.05, 4.69) is 26.2 Å². The van der Waals surface area contributed by atoms with Crippen molar-refractivity contribution in [2.75, 3.05) is 11.9 Å². The summed E-state index contributed by atoms with van der Waals surface area (Å²) in [7, 11) is 0. The second-order valence-electron chi connectivity index (χ2n) is 4.20. The lowest BCUT2D eigenvalue weighted by atomic mass is 10.2. The van der Waals surface area contributed by atoms with Gasteiger partial charge in [0.05, 0.1) is 24.4 Å². The molecule has 2 rings (SSSR count). The molecule has 0 amide bonds. The minimum atomic E-state index is -0.194. The minimum Gasteiger partial charge on any atom is -0.466 e. The summed E-state index contributed by atoms with van der Waals surface area (Å²) in [6.07, 6.45) is 0.931. The molecule has 4 nitrogen and oxygen atoms in total. The number of halogens is 2. The fourth-order valence-electron chi connectivity index (χ4n) is 1.65. The molecule has 0 unspecified atom stereocenters. The summed E-state index contributed by atoms with van der Waals surface area (Å²) in [5, 5.41) is 6.60. The third-order valence-electron chi connectivity index (χ3n) is 2.62. The van der Waals surface area contributed by atoms with Crippen molar-refractivity contribution >= 4 is 55.7 Å². The van der Waals surface area contributed by atoms with Crippen LogP contribution in [0.1, 0.15) is 19.0 Å². The first-order chi connectivity index (χ1) is 10.1. The summed E-state index contributed by atoms with van der Waals surface area (Å²) in [5.74, 6) is -0.194. The number of carbonyl (C=O) groups is 1. The first-order valence-electron chi connectivity index (χ1n) is 6.40. The van der Waals surface area contributed by atoms with Crippen LogP contribution in [0, 0.1) is 0 Å². The van der Waals surface area contributed by atoms with Crippen LogP contribution in [0.2, 0.25) is 5.02 Å². The highest BCUT2D eigenvalue weighted by molar-refractivity contribution is 9.10. The van der Waals surface area contributed by atoms with Crippen molar-refractivity contribution in [3.8, 4) is 0 Å². The molecule has 112 valence electrons. The lowest BCUT2D eigenvalue weighted by Crippen LogP contribution is -2.05. The number of rotatable bonds is 6. The van der Waals surface area contributed by atoms with E-state index in [9.17, 15) is 4.79 Å². The smallest absolute Gasteiger partial charge is 0.306 e. The summed E-state index contributed by atoms with van der Waals surface area (Å²) >= 11 is 10.8. The maximum atomic E-state index is 11.3. The first-order valence-corrected chi connectivity index (χ1v) is 8.45. The van der Waals surface area contributed by atoms with E-state index in [4.69, 9.17) is 16.3 Å². The average molecular weight is 390 g/mol. The lowest BCUT2D eigenvalue weighted by molar-refractivity contribution is -0.143. The second-order valence-corrected chi connectivity index (χ2v) is 6.35. The number of nitrogens with zero attached hydrogens (tertiary/aromatic N) is 1. The van der Waals surface area contributed by atoms with Gasteiger partial charge in [-0.05, 0) is 41.1 Å². The van der Waals surface area contributed by atoms with Crippen molar-refractivity contribution in [1.82, 2.24) is 4.98 Å². The number of aromatic nitrogens is 1. The zero-order chi connectivity index (χ0) is 15.2. The molecule has 7 heteroatoms. The third kappa shape index (κ3) is 4.98. The zero-order valence-electron chi connectivity index (χ0n) is 11.4. The molecule has 0 saturated heterocycles. The van der Waals surface area contributed by atoms with E-state index in [1.165, 1.54) is 11.3 Å². The number of hydrogen-bond acceptors (Lipinski definition) is 5. The van der Waals surface area contributed by atoms with Gasteiger partial charge in [-0.1, -0.05) is 11.6 Å². The van der Waals surface area contributed by atoms with Crippen molar-refractivity contribution < 1.29 is 9.53 Å². The van der Waals surface area contributed by atoms with E-state index < -0.39 is 0 Å². The predicted molar refractivity (Wildman–Crippen MR) is 89.5 cm³/mol. The Morgan fingerprint density at radius 3 is 3.05 bits per heavy atom. The maximum Gasteiger partial charge on any atom is 0.306 e. The molecule has 0 aliphatic carbocycles. The van der Waals surface area contributed by atoms with Gasteiger partial charge >= 0.3 is 5.97 Å². The van der Waals surface area contributed by atoms with Gasteiger partial charge in [0, 0.05) is 21.3 Å². The number of carbonyl (C=O) groups excluding carboxylic acids is 1. The van der Waals surface area contributed by atoms with E-state index in [1.807, 2.05) is 23.6 Å². The number of nitrogens with one attached hydrogen (secondary N) is 1. The molecule has 0 radical (unpaired) electrons. The summed E-state index contributed by atoms with van der Waals surface area (Å²) in [6, 6.07) is 5.51. The van der Waals surface area contributed by atoms with Gasteiger partial charge in [0.1, 0.15) is 0 Å². The largest absolute Gasteiger partial charge is 0.466 e. The molecule has 1 aromatic heterocycles. The Morgan fingerprint density at radius 1 is 1.52 bits per heavy atom. The number of benzene rings is 1. The Kier molecular flexibility index (Phi) is 6.02. The third-order valence-corrected chi connectivity index (χ3v) is 4.31. The Morgan fingerprint density at radius 2 is 2.33 bits per heavy atom. The SMILES string of the molecule is CCOC(=O)CCc1csc(Nc2ccc(Cl)cc2Br)n1. The second kappa shape index (κ2) is 7.77. The van der Waals surface area contributed by atoms with Gasteiger partial charge in [-0.2, -0.15) is 0 Å². The maximum absolute atomic E-state index is 11.3. The van der Waals surface area contributed by atoms with Gasteiger partial charge in [-0.3, -0.25) is 4.79 Å². The van der Waals surface area contributed by atoms with Crippen LogP contribution >= 0.6 is 38.9 Å². The summed E-state index contributed by atoms with van der Waals surface area (Å²) in [6.45, 7) is 2.21. The van der Waals surface area contributed by atoms with Gasteiger partial charge in [-0.25, -0.2) is 4.98 Å². The molecule has 0 saturated carbocycles. The number of aryl methyl sites for hydroxylation is 1. The fourth-order valence-corrected chi connectivity index (χ4v) is 3.19. The highest BCUT2D eigenvalue weighted by Crippen LogP contribution is 2.30. The van der Waals surface area contributed by atoms with E-state index in [1.54, 1.807) is 6.92 Å². The summed E-state index contributed by atoms with van der Waals surface area (Å²) < 4.78 is 5.77. The molecule has 2 aromatic rings.